The predicted octanol–water partition coefficient (Wildman–Crippen LogP) is 5.08. The van der Waals surface area contributed by atoms with Crippen molar-refractivity contribution in [2.45, 2.75) is 12.2 Å². The summed E-state index contributed by atoms with van der Waals surface area (Å²) < 4.78 is 5.61. The molecule has 4 aromatic carbocycles. The number of rotatable bonds is 5. The quantitative estimate of drug-likeness (QED) is 0.299. The van der Waals surface area contributed by atoms with E-state index in [2.05, 4.69) is 5.32 Å². The number of nitro benzene ring substituents is 1. The van der Waals surface area contributed by atoms with Gasteiger partial charge in [-0.25, -0.2) is 0 Å². The minimum atomic E-state index is -1.61. The molecule has 0 saturated carbocycles. The van der Waals surface area contributed by atoms with Crippen molar-refractivity contribution in [1.82, 2.24) is 0 Å². The minimum Gasteiger partial charge on any atom is -0.495 e. The highest BCUT2D eigenvalue weighted by molar-refractivity contribution is 6.22. The summed E-state index contributed by atoms with van der Waals surface area (Å²) in [6.07, 6.45) is 0. The molecule has 6 rings (SSSR count). The number of nitro groups is 1. The summed E-state index contributed by atoms with van der Waals surface area (Å²) in [6.45, 7) is 0.0799. The Balaban J connectivity index is 1.57. The van der Waals surface area contributed by atoms with Gasteiger partial charge in [-0.2, -0.15) is 0 Å². The molecule has 0 unspecified atom stereocenters. The lowest BCUT2D eigenvalue weighted by Crippen LogP contribution is -2.63. The zero-order chi connectivity index (χ0) is 26.4. The van der Waals surface area contributed by atoms with Crippen LogP contribution in [0.15, 0.2) is 97.1 Å². The number of carbonyl (C=O) groups excluding carboxylic acids is 2. The van der Waals surface area contributed by atoms with Crippen molar-refractivity contribution in [2.24, 2.45) is 0 Å². The number of anilines is 3. The molecule has 1 atom stereocenters. The summed E-state index contributed by atoms with van der Waals surface area (Å²) in [5.74, 6) is -0.313. The van der Waals surface area contributed by atoms with Gasteiger partial charge in [0.1, 0.15) is 5.75 Å². The van der Waals surface area contributed by atoms with Crippen LogP contribution in [0, 0.1) is 10.1 Å². The van der Waals surface area contributed by atoms with Crippen molar-refractivity contribution in [1.29, 1.82) is 0 Å². The summed E-state index contributed by atoms with van der Waals surface area (Å²) in [7, 11) is 1.51. The normalized spacial score (nSPS) is 17.7. The summed E-state index contributed by atoms with van der Waals surface area (Å²) in [5, 5.41) is 14.8. The monoisotopic (exact) mass is 506 g/mol. The van der Waals surface area contributed by atoms with Crippen LogP contribution in [0.5, 0.6) is 5.75 Å². The molecule has 0 bridgehead atoms. The number of ether oxygens (including phenoxy) is 1. The molecule has 0 aromatic heterocycles. The molecule has 2 heterocycles. The molecule has 4 aromatic rings. The second-order valence-corrected chi connectivity index (χ2v) is 9.03. The predicted molar refractivity (Wildman–Crippen MR) is 142 cm³/mol. The van der Waals surface area contributed by atoms with Crippen LogP contribution in [-0.4, -0.2) is 23.8 Å². The van der Waals surface area contributed by atoms with Gasteiger partial charge < -0.3 is 15.0 Å². The molecule has 0 fully saturated rings. The van der Waals surface area contributed by atoms with E-state index in [1.54, 1.807) is 65.6 Å². The highest BCUT2D eigenvalue weighted by atomic mass is 16.6. The number of nitrogens with one attached hydrogen (secondary N) is 1. The molecule has 1 N–H and O–H groups in total. The number of benzene rings is 4. The molecule has 0 radical (unpaired) electrons. The van der Waals surface area contributed by atoms with E-state index in [0.29, 0.717) is 39.5 Å². The van der Waals surface area contributed by atoms with Gasteiger partial charge >= 0.3 is 0 Å². The van der Waals surface area contributed by atoms with Gasteiger partial charge in [0, 0.05) is 23.4 Å². The maximum atomic E-state index is 14.6. The van der Waals surface area contributed by atoms with Crippen molar-refractivity contribution in [2.75, 3.05) is 22.2 Å². The van der Waals surface area contributed by atoms with E-state index in [9.17, 15) is 19.7 Å². The lowest BCUT2D eigenvalue weighted by atomic mass is 9.92. The van der Waals surface area contributed by atoms with Gasteiger partial charge in [-0.15, -0.1) is 0 Å². The Morgan fingerprint density at radius 3 is 2.39 bits per heavy atom. The first-order valence-electron chi connectivity index (χ1n) is 12.0. The van der Waals surface area contributed by atoms with Crippen LogP contribution in [0.25, 0.3) is 0 Å². The maximum Gasteiger partial charge on any atom is 0.279 e. The van der Waals surface area contributed by atoms with Crippen molar-refractivity contribution >= 4 is 34.6 Å². The van der Waals surface area contributed by atoms with Gasteiger partial charge in [0.25, 0.3) is 17.5 Å². The van der Waals surface area contributed by atoms with Crippen LogP contribution < -0.4 is 19.9 Å². The average molecular weight is 507 g/mol. The molecule has 2 aliphatic rings. The molecule has 9 heteroatoms. The maximum absolute atomic E-state index is 14.6. The molecule has 0 saturated heterocycles. The minimum absolute atomic E-state index is 0.0623. The zero-order valence-electron chi connectivity index (χ0n) is 20.3. The van der Waals surface area contributed by atoms with Crippen LogP contribution in [0.2, 0.25) is 0 Å². The Bertz CT molecular complexity index is 1620. The molecule has 2 amide bonds. The number of non-ortho nitro benzene ring substituents is 1. The topological polar surface area (TPSA) is 105 Å². The van der Waals surface area contributed by atoms with Gasteiger partial charge in [0.05, 0.1) is 35.5 Å². The van der Waals surface area contributed by atoms with E-state index < -0.39 is 10.6 Å². The number of hydrogen-bond acceptors (Lipinski definition) is 6. The number of amides is 2. The standard InChI is InChI=1S/C29H22N4O5/c1-38-26-16-7-6-15-25(26)32-27(34)21-11-2-4-13-23(21)30-29(32)22-12-3-5-14-24(22)31(28(29)35)18-19-9-8-10-20(17-19)33(36)37/h2-17,30H,18H2,1H3/t29-/m0/s1. The van der Waals surface area contributed by atoms with Gasteiger partial charge in [-0.1, -0.05) is 54.6 Å². The van der Waals surface area contributed by atoms with Gasteiger partial charge in [0.15, 0.2) is 0 Å². The molecular formula is C29H22N4O5. The number of carbonyl (C=O) groups is 2. The van der Waals surface area contributed by atoms with Gasteiger partial charge in [-0.05, 0) is 35.9 Å². The third kappa shape index (κ3) is 3.32. The Kier molecular flexibility index (Phi) is 5.34. The summed E-state index contributed by atoms with van der Waals surface area (Å²) in [5.41, 5.74) is 1.49. The first kappa shape index (κ1) is 23.2. The average Bonchev–Trinajstić information content (AvgIpc) is 3.16. The Hall–Kier alpha value is -5.18. The Labute approximate surface area is 218 Å². The zero-order valence-corrected chi connectivity index (χ0v) is 20.3. The number of methoxy groups -OCH3 is 1. The Morgan fingerprint density at radius 2 is 1.61 bits per heavy atom. The lowest BCUT2D eigenvalue weighted by molar-refractivity contribution is -0.384. The van der Waals surface area contributed by atoms with Crippen LogP contribution in [0.3, 0.4) is 0 Å². The molecule has 0 aliphatic carbocycles. The van der Waals surface area contributed by atoms with Crippen LogP contribution in [0.1, 0.15) is 21.5 Å². The van der Waals surface area contributed by atoms with E-state index in [4.69, 9.17) is 4.74 Å². The fraction of sp³-hybridized carbons (Fsp3) is 0.103. The summed E-state index contributed by atoms with van der Waals surface area (Å²) in [4.78, 5) is 42.7. The van der Waals surface area contributed by atoms with E-state index in [0.717, 1.165) is 0 Å². The van der Waals surface area contributed by atoms with Crippen molar-refractivity contribution < 1.29 is 19.2 Å². The van der Waals surface area contributed by atoms with E-state index in [-0.39, 0.29) is 24.0 Å². The van der Waals surface area contributed by atoms with Crippen LogP contribution in [-0.2, 0) is 17.0 Å². The van der Waals surface area contributed by atoms with Gasteiger partial charge in [0.2, 0.25) is 5.66 Å². The third-order valence-electron chi connectivity index (χ3n) is 6.94. The highest BCUT2D eigenvalue weighted by Gasteiger charge is 2.60. The first-order chi connectivity index (χ1) is 18.5. The number of fused-ring (bicyclic) bond motifs is 3. The molecule has 38 heavy (non-hydrogen) atoms. The second kappa shape index (κ2) is 8.74. The largest absolute Gasteiger partial charge is 0.495 e. The fourth-order valence-electron chi connectivity index (χ4n) is 5.29. The highest BCUT2D eigenvalue weighted by Crippen LogP contribution is 2.51. The van der Waals surface area contributed by atoms with Crippen LogP contribution >= 0.6 is 0 Å². The van der Waals surface area contributed by atoms with Crippen molar-refractivity contribution in [3.8, 4) is 5.75 Å². The summed E-state index contributed by atoms with van der Waals surface area (Å²) >= 11 is 0. The summed E-state index contributed by atoms with van der Waals surface area (Å²) in [6, 6.07) is 27.6. The van der Waals surface area contributed by atoms with Crippen molar-refractivity contribution in [3.05, 3.63) is 124 Å². The van der Waals surface area contributed by atoms with Crippen molar-refractivity contribution in [3.63, 3.8) is 0 Å². The molecule has 188 valence electrons. The van der Waals surface area contributed by atoms with E-state index in [1.165, 1.54) is 24.1 Å². The van der Waals surface area contributed by atoms with E-state index >= 15 is 0 Å². The fourth-order valence-corrected chi connectivity index (χ4v) is 5.29. The first-order valence-corrected chi connectivity index (χ1v) is 12.0. The lowest BCUT2D eigenvalue weighted by Gasteiger charge is -2.45. The molecule has 9 nitrogen and oxygen atoms in total. The molecule has 1 spiro atoms. The third-order valence-corrected chi connectivity index (χ3v) is 6.94. The Morgan fingerprint density at radius 1 is 0.895 bits per heavy atom. The smallest absolute Gasteiger partial charge is 0.279 e. The SMILES string of the molecule is COc1ccccc1N1C(=O)c2ccccc2N[C@]12C(=O)N(Cc1cccc([N+](=O)[O-])c1)c1ccccc12. The number of hydrogen-bond donors (Lipinski definition) is 1. The number of nitrogens with zero attached hydrogens (tertiary/aromatic N) is 3. The molecular weight excluding hydrogens is 484 g/mol. The van der Waals surface area contributed by atoms with E-state index in [1.807, 2.05) is 24.3 Å². The molecule has 2 aliphatic heterocycles. The van der Waals surface area contributed by atoms with Crippen LogP contribution in [0.4, 0.5) is 22.7 Å². The van der Waals surface area contributed by atoms with Gasteiger partial charge in [-0.3, -0.25) is 24.6 Å². The second-order valence-electron chi connectivity index (χ2n) is 9.03. The number of para-hydroxylation sites is 4.